The van der Waals surface area contributed by atoms with E-state index in [-0.39, 0.29) is 11.3 Å². The van der Waals surface area contributed by atoms with Crippen molar-refractivity contribution in [2.24, 2.45) is 0 Å². The highest BCUT2D eigenvalue weighted by Gasteiger charge is 2.16. The summed E-state index contributed by atoms with van der Waals surface area (Å²) in [7, 11) is 0. The van der Waals surface area contributed by atoms with E-state index < -0.39 is 23.5 Å². The minimum Gasteiger partial charge on any atom is -0.478 e. The molecule has 0 saturated heterocycles. The standard InChI is InChI=1S/C26H17F2NO3/c27-22-8-4-3-7-20(22)18-14-17-5-1-2-6-19(17)21(15-18)26(32)29-24-13-16(9-11-23(24)28)10-12-25(30)31/h1-15H,(H,29,32)(H,30,31). The Hall–Kier alpha value is -4.32. The van der Waals surface area contributed by atoms with Gasteiger partial charge in [-0.05, 0) is 58.3 Å². The van der Waals surface area contributed by atoms with Crippen LogP contribution >= 0.6 is 0 Å². The Morgan fingerprint density at radius 1 is 0.844 bits per heavy atom. The van der Waals surface area contributed by atoms with Crippen molar-refractivity contribution in [3.63, 3.8) is 0 Å². The van der Waals surface area contributed by atoms with E-state index >= 15 is 0 Å². The van der Waals surface area contributed by atoms with Crippen LogP contribution in [0.4, 0.5) is 14.5 Å². The summed E-state index contributed by atoms with van der Waals surface area (Å²) in [5.74, 6) is -2.80. The molecule has 4 rings (SSSR count). The lowest BCUT2D eigenvalue weighted by molar-refractivity contribution is -0.131. The van der Waals surface area contributed by atoms with Crippen molar-refractivity contribution in [1.82, 2.24) is 0 Å². The number of benzene rings is 4. The van der Waals surface area contributed by atoms with Crippen LogP contribution in [0.5, 0.6) is 0 Å². The first-order valence-corrected chi connectivity index (χ1v) is 9.72. The van der Waals surface area contributed by atoms with Gasteiger partial charge in [0.2, 0.25) is 0 Å². The molecule has 0 fully saturated rings. The van der Waals surface area contributed by atoms with Crippen LogP contribution in [0, 0.1) is 11.6 Å². The van der Waals surface area contributed by atoms with Crippen LogP contribution in [0.3, 0.4) is 0 Å². The molecule has 1 amide bonds. The van der Waals surface area contributed by atoms with E-state index in [1.165, 1.54) is 24.3 Å². The van der Waals surface area contributed by atoms with Gasteiger partial charge in [-0.15, -0.1) is 0 Å². The fourth-order valence-electron chi connectivity index (χ4n) is 3.45. The Morgan fingerprint density at radius 3 is 2.38 bits per heavy atom. The molecular formula is C26H17F2NO3. The van der Waals surface area contributed by atoms with Gasteiger partial charge in [-0.3, -0.25) is 4.79 Å². The molecule has 0 aliphatic heterocycles. The van der Waals surface area contributed by atoms with Gasteiger partial charge in [0.1, 0.15) is 11.6 Å². The zero-order chi connectivity index (χ0) is 22.7. The van der Waals surface area contributed by atoms with Gasteiger partial charge in [-0.25, -0.2) is 13.6 Å². The van der Waals surface area contributed by atoms with Gasteiger partial charge in [-0.2, -0.15) is 0 Å². The van der Waals surface area contributed by atoms with E-state index in [0.29, 0.717) is 22.1 Å². The molecule has 158 valence electrons. The van der Waals surface area contributed by atoms with Crippen LogP contribution < -0.4 is 5.32 Å². The molecule has 0 saturated carbocycles. The lowest BCUT2D eigenvalue weighted by Gasteiger charge is -2.13. The number of carboxylic acids is 1. The summed E-state index contributed by atoms with van der Waals surface area (Å²) in [6.45, 7) is 0. The molecule has 0 aliphatic rings. The average Bonchev–Trinajstić information content (AvgIpc) is 2.79. The maximum Gasteiger partial charge on any atom is 0.328 e. The third kappa shape index (κ3) is 4.39. The van der Waals surface area contributed by atoms with Gasteiger partial charge in [0.25, 0.3) is 5.91 Å². The second kappa shape index (κ2) is 8.81. The molecule has 6 heteroatoms. The summed E-state index contributed by atoms with van der Waals surface area (Å²) in [6.07, 6.45) is 2.22. The van der Waals surface area contributed by atoms with E-state index in [0.717, 1.165) is 17.5 Å². The number of fused-ring (bicyclic) bond motifs is 1. The second-order valence-electron chi connectivity index (χ2n) is 7.09. The van der Waals surface area contributed by atoms with Gasteiger partial charge in [0.05, 0.1) is 5.69 Å². The third-order valence-electron chi connectivity index (χ3n) is 4.95. The maximum absolute atomic E-state index is 14.4. The maximum atomic E-state index is 14.4. The number of anilines is 1. The van der Waals surface area contributed by atoms with Gasteiger partial charge in [0, 0.05) is 17.2 Å². The molecule has 0 aliphatic carbocycles. The number of halogens is 2. The first kappa shape index (κ1) is 20.9. The Bertz CT molecular complexity index is 1380. The van der Waals surface area contributed by atoms with Crippen LogP contribution in [0.15, 0.2) is 84.9 Å². The van der Waals surface area contributed by atoms with Crippen molar-refractivity contribution < 1.29 is 23.5 Å². The molecule has 0 bridgehead atoms. The van der Waals surface area contributed by atoms with Crippen LogP contribution in [0.1, 0.15) is 15.9 Å². The first-order valence-electron chi connectivity index (χ1n) is 9.72. The molecule has 4 aromatic carbocycles. The van der Waals surface area contributed by atoms with E-state index in [9.17, 15) is 18.4 Å². The van der Waals surface area contributed by atoms with E-state index in [4.69, 9.17) is 5.11 Å². The molecule has 2 N–H and O–H groups in total. The van der Waals surface area contributed by atoms with E-state index in [1.54, 1.807) is 42.5 Å². The van der Waals surface area contributed by atoms with Crippen molar-refractivity contribution in [2.75, 3.05) is 5.32 Å². The monoisotopic (exact) mass is 429 g/mol. The van der Waals surface area contributed by atoms with Crippen molar-refractivity contribution in [1.29, 1.82) is 0 Å². The van der Waals surface area contributed by atoms with Crippen LogP contribution in [-0.2, 0) is 4.79 Å². The Kier molecular flexibility index (Phi) is 5.77. The van der Waals surface area contributed by atoms with Crippen LogP contribution in [-0.4, -0.2) is 17.0 Å². The fourth-order valence-corrected chi connectivity index (χ4v) is 3.45. The largest absolute Gasteiger partial charge is 0.478 e. The molecule has 4 aromatic rings. The third-order valence-corrected chi connectivity index (χ3v) is 4.95. The lowest BCUT2D eigenvalue weighted by atomic mass is 9.96. The molecular weight excluding hydrogens is 412 g/mol. The smallest absolute Gasteiger partial charge is 0.328 e. The van der Waals surface area contributed by atoms with Gasteiger partial charge in [-0.1, -0.05) is 48.5 Å². The summed E-state index contributed by atoms with van der Waals surface area (Å²) >= 11 is 0. The molecule has 0 aromatic heterocycles. The molecule has 4 nitrogen and oxygen atoms in total. The van der Waals surface area contributed by atoms with Crippen molar-refractivity contribution >= 4 is 34.4 Å². The number of nitrogens with one attached hydrogen (secondary N) is 1. The molecule has 0 atom stereocenters. The molecule has 0 spiro atoms. The van der Waals surface area contributed by atoms with Gasteiger partial charge in [0.15, 0.2) is 0 Å². The zero-order valence-corrected chi connectivity index (χ0v) is 16.7. The highest BCUT2D eigenvalue weighted by Crippen LogP contribution is 2.30. The molecule has 0 heterocycles. The van der Waals surface area contributed by atoms with Gasteiger partial charge < -0.3 is 10.4 Å². The predicted molar refractivity (Wildman–Crippen MR) is 120 cm³/mol. The lowest BCUT2D eigenvalue weighted by Crippen LogP contribution is -2.14. The quantitative estimate of drug-likeness (QED) is 0.375. The number of aliphatic carboxylic acids is 1. The highest BCUT2D eigenvalue weighted by atomic mass is 19.1. The summed E-state index contributed by atoms with van der Waals surface area (Å²) in [5, 5.41) is 12.7. The van der Waals surface area contributed by atoms with E-state index in [1.807, 2.05) is 12.1 Å². The number of hydrogen-bond donors (Lipinski definition) is 2. The Morgan fingerprint density at radius 2 is 1.59 bits per heavy atom. The van der Waals surface area contributed by atoms with Crippen molar-refractivity contribution in [3.8, 4) is 11.1 Å². The van der Waals surface area contributed by atoms with Crippen molar-refractivity contribution in [3.05, 3.63) is 108 Å². The molecule has 32 heavy (non-hydrogen) atoms. The number of carboxylic acid groups (broad SMARTS) is 1. The number of rotatable bonds is 5. The summed E-state index contributed by atoms with van der Waals surface area (Å²) in [4.78, 5) is 23.9. The number of hydrogen-bond acceptors (Lipinski definition) is 2. The minimum absolute atomic E-state index is 0.0945. The summed E-state index contributed by atoms with van der Waals surface area (Å²) in [5.41, 5.74) is 1.44. The number of carbonyl (C=O) groups is 2. The summed E-state index contributed by atoms with van der Waals surface area (Å²) in [6, 6.07) is 20.7. The fraction of sp³-hybridized carbons (Fsp3) is 0. The van der Waals surface area contributed by atoms with E-state index in [2.05, 4.69) is 5.32 Å². The first-order chi connectivity index (χ1) is 15.4. The SMILES string of the molecule is O=C(O)C=Cc1ccc(F)c(NC(=O)c2cc(-c3ccccc3F)cc3ccccc23)c1. The highest BCUT2D eigenvalue weighted by molar-refractivity contribution is 6.14. The average molecular weight is 429 g/mol. The van der Waals surface area contributed by atoms with Crippen LogP contribution in [0.2, 0.25) is 0 Å². The Labute approximate surface area is 182 Å². The second-order valence-corrected chi connectivity index (χ2v) is 7.09. The predicted octanol–water partition coefficient (Wildman–Crippen LogP) is 6.14. The number of carbonyl (C=O) groups excluding carboxylic acids is 1. The van der Waals surface area contributed by atoms with Gasteiger partial charge >= 0.3 is 5.97 Å². The molecule has 0 unspecified atom stereocenters. The zero-order valence-electron chi connectivity index (χ0n) is 16.7. The molecule has 0 radical (unpaired) electrons. The van der Waals surface area contributed by atoms with Crippen molar-refractivity contribution in [2.45, 2.75) is 0 Å². The topological polar surface area (TPSA) is 66.4 Å². The Balaban J connectivity index is 1.77. The normalized spacial score (nSPS) is 11.1. The summed E-state index contributed by atoms with van der Waals surface area (Å²) < 4.78 is 28.7. The number of amides is 1. The minimum atomic E-state index is -1.14. The van der Waals surface area contributed by atoms with Crippen LogP contribution in [0.25, 0.3) is 28.0 Å².